The first-order valence-electron chi connectivity index (χ1n) is 9.82. The van der Waals surface area contributed by atoms with E-state index in [9.17, 15) is 4.79 Å². The van der Waals surface area contributed by atoms with Crippen LogP contribution in [0.3, 0.4) is 0 Å². The van der Waals surface area contributed by atoms with Crippen molar-refractivity contribution in [2.75, 3.05) is 47.0 Å². The molecule has 0 aliphatic carbocycles. The number of likely N-dealkylation sites (tertiary alicyclic amines) is 1. The van der Waals surface area contributed by atoms with E-state index < -0.39 is 0 Å². The van der Waals surface area contributed by atoms with Gasteiger partial charge in [0.1, 0.15) is 11.5 Å². The van der Waals surface area contributed by atoms with Crippen LogP contribution in [-0.2, 0) is 4.74 Å². The number of methoxy groups -OCH3 is 1. The number of nitrogens with zero attached hydrogens (tertiary/aromatic N) is 2. The van der Waals surface area contributed by atoms with Crippen molar-refractivity contribution in [1.82, 2.24) is 15.5 Å². The summed E-state index contributed by atoms with van der Waals surface area (Å²) in [7, 11) is 3.40. The molecule has 8 nitrogen and oxygen atoms in total. The number of rotatable bonds is 8. The van der Waals surface area contributed by atoms with Crippen LogP contribution in [0, 0.1) is 0 Å². The monoisotopic (exact) mass is 520 g/mol. The van der Waals surface area contributed by atoms with E-state index in [1.807, 2.05) is 31.2 Å². The highest BCUT2D eigenvalue weighted by Gasteiger charge is 2.23. The van der Waals surface area contributed by atoms with Gasteiger partial charge in [-0.2, -0.15) is 0 Å². The van der Waals surface area contributed by atoms with Crippen molar-refractivity contribution in [3.63, 3.8) is 0 Å². The first-order valence-corrected chi connectivity index (χ1v) is 9.82. The Kier molecular flexibility index (Phi) is 12.2. The number of benzene rings is 1. The van der Waals surface area contributed by atoms with E-state index >= 15 is 0 Å². The summed E-state index contributed by atoms with van der Waals surface area (Å²) in [6, 6.07) is 7.88. The van der Waals surface area contributed by atoms with Gasteiger partial charge in [-0.15, -0.1) is 24.0 Å². The van der Waals surface area contributed by atoms with Gasteiger partial charge in [0.15, 0.2) is 5.96 Å². The number of hydrogen-bond acceptors (Lipinski definition) is 5. The predicted molar refractivity (Wildman–Crippen MR) is 125 cm³/mol. The molecule has 1 amide bonds. The normalized spacial score (nSPS) is 14.6. The number of piperidine rings is 1. The van der Waals surface area contributed by atoms with E-state index in [2.05, 4.69) is 15.6 Å². The van der Waals surface area contributed by atoms with Crippen molar-refractivity contribution < 1.29 is 19.0 Å². The fraction of sp³-hybridized carbons (Fsp3) is 0.600. The summed E-state index contributed by atoms with van der Waals surface area (Å²) in [5.74, 6) is 2.36. The van der Waals surface area contributed by atoms with Crippen molar-refractivity contribution in [3.05, 3.63) is 24.3 Å². The molecule has 0 unspecified atom stereocenters. The lowest BCUT2D eigenvalue weighted by Gasteiger charge is -2.32. The third-order valence-corrected chi connectivity index (χ3v) is 4.51. The van der Waals surface area contributed by atoms with Crippen LogP contribution in [-0.4, -0.2) is 70.0 Å². The summed E-state index contributed by atoms with van der Waals surface area (Å²) < 4.78 is 16.0. The Morgan fingerprint density at radius 2 is 2.00 bits per heavy atom. The molecule has 1 aromatic carbocycles. The quantitative estimate of drug-likeness (QED) is 0.238. The second-order valence-electron chi connectivity index (χ2n) is 6.48. The zero-order chi connectivity index (χ0) is 20.2. The molecule has 2 rings (SSSR count). The largest absolute Gasteiger partial charge is 0.497 e. The average molecular weight is 520 g/mol. The topological polar surface area (TPSA) is 84.4 Å². The van der Waals surface area contributed by atoms with Crippen molar-refractivity contribution in [1.29, 1.82) is 0 Å². The zero-order valence-electron chi connectivity index (χ0n) is 17.5. The summed E-state index contributed by atoms with van der Waals surface area (Å²) in [5.41, 5.74) is 0. The van der Waals surface area contributed by atoms with Crippen molar-refractivity contribution in [3.8, 4) is 11.5 Å². The number of guanidine groups is 1. The molecule has 0 atom stereocenters. The molecule has 0 bridgehead atoms. The van der Waals surface area contributed by atoms with Gasteiger partial charge in [0.25, 0.3) is 0 Å². The number of carbonyl (C=O) groups excluding carboxylic acids is 1. The minimum atomic E-state index is -0.223. The van der Waals surface area contributed by atoms with Crippen molar-refractivity contribution in [2.45, 2.75) is 32.2 Å². The molecule has 1 fully saturated rings. The Morgan fingerprint density at radius 3 is 2.66 bits per heavy atom. The fourth-order valence-electron chi connectivity index (χ4n) is 2.97. The van der Waals surface area contributed by atoms with Gasteiger partial charge < -0.3 is 29.7 Å². The van der Waals surface area contributed by atoms with Gasteiger partial charge in [-0.25, -0.2) is 4.79 Å². The highest BCUT2D eigenvalue weighted by molar-refractivity contribution is 14.0. The van der Waals surface area contributed by atoms with E-state index in [1.165, 1.54) is 0 Å². The lowest BCUT2D eigenvalue weighted by Crippen LogP contribution is -2.50. The molecule has 0 aromatic heterocycles. The van der Waals surface area contributed by atoms with Crippen LogP contribution < -0.4 is 20.1 Å². The summed E-state index contributed by atoms with van der Waals surface area (Å²) in [5, 5.41) is 6.73. The first-order chi connectivity index (χ1) is 13.7. The summed E-state index contributed by atoms with van der Waals surface area (Å²) in [6.07, 6.45) is 2.37. The number of aliphatic imine (C=N–C) groups is 1. The van der Waals surface area contributed by atoms with E-state index in [-0.39, 0.29) is 30.1 Å². The number of halogens is 1. The van der Waals surface area contributed by atoms with Crippen LogP contribution in [0.2, 0.25) is 0 Å². The van der Waals surface area contributed by atoms with Gasteiger partial charge in [-0.3, -0.25) is 4.99 Å². The van der Waals surface area contributed by atoms with E-state index in [0.29, 0.717) is 32.3 Å². The van der Waals surface area contributed by atoms with Crippen molar-refractivity contribution >= 4 is 36.0 Å². The molecule has 0 spiro atoms. The summed E-state index contributed by atoms with van der Waals surface area (Å²) >= 11 is 0. The van der Waals surface area contributed by atoms with Crippen LogP contribution in [0.25, 0.3) is 0 Å². The maximum atomic E-state index is 11.8. The van der Waals surface area contributed by atoms with Gasteiger partial charge >= 0.3 is 6.09 Å². The average Bonchev–Trinajstić information content (AvgIpc) is 2.73. The highest BCUT2D eigenvalue weighted by atomic mass is 127. The predicted octanol–water partition coefficient (Wildman–Crippen LogP) is 2.87. The third kappa shape index (κ3) is 8.97. The molecule has 164 valence electrons. The molecule has 1 aromatic rings. The Bertz CT molecular complexity index is 637. The second kappa shape index (κ2) is 14.1. The van der Waals surface area contributed by atoms with Gasteiger partial charge in [0, 0.05) is 38.8 Å². The molecule has 0 radical (unpaired) electrons. The van der Waals surface area contributed by atoms with Crippen molar-refractivity contribution in [2.24, 2.45) is 4.99 Å². The van der Waals surface area contributed by atoms with Gasteiger partial charge in [-0.05, 0) is 38.3 Å². The highest BCUT2D eigenvalue weighted by Crippen LogP contribution is 2.18. The second-order valence-corrected chi connectivity index (χ2v) is 6.48. The van der Waals surface area contributed by atoms with E-state index in [0.717, 1.165) is 43.3 Å². The number of amides is 1. The smallest absolute Gasteiger partial charge is 0.409 e. The number of nitrogens with one attached hydrogen (secondary N) is 2. The molecule has 1 aliphatic heterocycles. The van der Waals surface area contributed by atoms with Gasteiger partial charge in [-0.1, -0.05) is 6.07 Å². The first kappa shape index (κ1) is 25.1. The minimum Gasteiger partial charge on any atom is -0.497 e. The van der Waals surface area contributed by atoms with Crippen LogP contribution in [0.1, 0.15) is 26.2 Å². The maximum Gasteiger partial charge on any atom is 0.409 e. The Labute approximate surface area is 190 Å². The summed E-state index contributed by atoms with van der Waals surface area (Å²) in [4.78, 5) is 17.8. The van der Waals surface area contributed by atoms with E-state index in [1.54, 1.807) is 19.1 Å². The molecule has 29 heavy (non-hydrogen) atoms. The van der Waals surface area contributed by atoms with Crippen LogP contribution in [0.5, 0.6) is 11.5 Å². The zero-order valence-corrected chi connectivity index (χ0v) is 19.8. The molecule has 2 N–H and O–H groups in total. The molecule has 1 aliphatic rings. The van der Waals surface area contributed by atoms with Gasteiger partial charge in [0.05, 0.1) is 20.3 Å². The van der Waals surface area contributed by atoms with E-state index in [4.69, 9.17) is 14.2 Å². The summed E-state index contributed by atoms with van der Waals surface area (Å²) in [6.45, 7) is 4.99. The lowest BCUT2D eigenvalue weighted by molar-refractivity contribution is 0.0963. The Hall–Kier alpha value is -1.91. The molecule has 1 heterocycles. The Morgan fingerprint density at radius 1 is 1.28 bits per heavy atom. The van der Waals surface area contributed by atoms with Gasteiger partial charge in [0.2, 0.25) is 0 Å². The number of carbonyl (C=O) groups is 1. The van der Waals surface area contributed by atoms with Crippen LogP contribution >= 0.6 is 24.0 Å². The standard InChI is InChI=1S/C20H32N4O4.HI/c1-4-27-20(25)24-12-9-16(10-13-24)23-19(21-2)22-11-6-14-28-18-8-5-7-17(15-18)26-3;/h5,7-8,15-16H,4,6,9-14H2,1-3H3,(H2,21,22,23);1H. The minimum absolute atomic E-state index is 0. The molecule has 9 heteroatoms. The SMILES string of the molecule is CCOC(=O)N1CCC(NC(=NC)NCCCOc2cccc(OC)c2)CC1.I. The Balaban J connectivity index is 0.00000420. The maximum absolute atomic E-state index is 11.8. The molecular weight excluding hydrogens is 487 g/mol. The fourth-order valence-corrected chi connectivity index (χ4v) is 2.97. The van der Waals surface area contributed by atoms with Crippen LogP contribution in [0.15, 0.2) is 29.3 Å². The molecule has 1 saturated heterocycles. The third-order valence-electron chi connectivity index (χ3n) is 4.51. The van der Waals surface area contributed by atoms with Crippen LogP contribution in [0.4, 0.5) is 4.79 Å². The molecular formula is C20H33IN4O4. The lowest BCUT2D eigenvalue weighted by atomic mass is 10.1. The number of hydrogen-bond donors (Lipinski definition) is 2. The number of ether oxygens (including phenoxy) is 3. The molecule has 0 saturated carbocycles.